The first kappa shape index (κ1) is 9.97. The Labute approximate surface area is 93.7 Å². The van der Waals surface area contributed by atoms with Crippen molar-refractivity contribution in [2.45, 2.75) is 6.61 Å². The number of halogens is 1. The molecule has 15 heavy (non-hydrogen) atoms. The van der Waals surface area contributed by atoms with Crippen LogP contribution in [0.5, 0.6) is 0 Å². The molecule has 6 heteroatoms. The molecule has 0 fully saturated rings. The van der Waals surface area contributed by atoms with Crippen LogP contribution in [-0.4, -0.2) is 16.3 Å². The number of hydrogen-bond acceptors (Lipinski definition) is 3. The van der Waals surface area contributed by atoms with Crippen molar-refractivity contribution < 1.29 is 9.53 Å². The predicted molar refractivity (Wildman–Crippen MR) is 58.2 cm³/mol. The fraction of sp³-hybridized carbons (Fsp3) is 0.111. The van der Waals surface area contributed by atoms with Crippen molar-refractivity contribution >= 4 is 32.9 Å². The second kappa shape index (κ2) is 3.90. The summed E-state index contributed by atoms with van der Waals surface area (Å²) in [6, 6.07) is 5.68. The Morgan fingerprint density at radius 1 is 1.60 bits per heavy atom. The second-order valence-electron chi connectivity index (χ2n) is 2.94. The Kier molecular flexibility index (Phi) is 2.59. The van der Waals surface area contributed by atoms with Gasteiger partial charge in [-0.3, -0.25) is 5.10 Å². The van der Waals surface area contributed by atoms with Gasteiger partial charge in [0.25, 0.3) is 0 Å². The van der Waals surface area contributed by atoms with Crippen LogP contribution in [0.15, 0.2) is 22.7 Å². The number of carbonyl (C=O) groups is 1. The van der Waals surface area contributed by atoms with Crippen molar-refractivity contribution in [3.63, 3.8) is 0 Å². The summed E-state index contributed by atoms with van der Waals surface area (Å²) < 4.78 is 5.58. The monoisotopic (exact) mass is 269 g/mol. The molecule has 1 aromatic heterocycles. The van der Waals surface area contributed by atoms with Crippen LogP contribution in [0.25, 0.3) is 10.9 Å². The fourth-order valence-electron chi connectivity index (χ4n) is 1.34. The summed E-state index contributed by atoms with van der Waals surface area (Å²) in [6.45, 7) is 0.0674. The van der Waals surface area contributed by atoms with Crippen molar-refractivity contribution in [3.05, 3.63) is 28.4 Å². The molecule has 2 rings (SSSR count). The van der Waals surface area contributed by atoms with Gasteiger partial charge in [-0.2, -0.15) is 5.10 Å². The number of aromatic nitrogens is 2. The summed E-state index contributed by atoms with van der Waals surface area (Å²) in [5, 5.41) is 7.78. The lowest BCUT2D eigenvalue weighted by atomic mass is 10.2. The number of hydrogen-bond donors (Lipinski definition) is 2. The minimum atomic E-state index is -0.807. The molecule has 0 saturated carbocycles. The fourth-order valence-corrected chi connectivity index (χ4v) is 1.93. The summed E-state index contributed by atoms with van der Waals surface area (Å²) in [5.74, 6) is 0. The summed E-state index contributed by atoms with van der Waals surface area (Å²) in [4.78, 5) is 10.5. The highest BCUT2D eigenvalue weighted by Gasteiger charge is 2.09. The zero-order valence-corrected chi connectivity index (χ0v) is 9.24. The topological polar surface area (TPSA) is 81.0 Å². The van der Waals surface area contributed by atoms with Crippen molar-refractivity contribution in [2.24, 2.45) is 5.73 Å². The van der Waals surface area contributed by atoms with E-state index in [2.05, 4.69) is 30.9 Å². The quantitative estimate of drug-likeness (QED) is 0.874. The lowest BCUT2D eigenvalue weighted by Gasteiger charge is -1.99. The van der Waals surface area contributed by atoms with Gasteiger partial charge in [0.2, 0.25) is 0 Å². The van der Waals surface area contributed by atoms with Crippen LogP contribution in [0.2, 0.25) is 0 Å². The normalized spacial score (nSPS) is 10.5. The number of amides is 1. The lowest BCUT2D eigenvalue weighted by molar-refractivity contribution is 0.149. The number of ether oxygens (including phenoxy) is 1. The molecule has 0 aliphatic carbocycles. The number of fused-ring (bicyclic) bond motifs is 1. The molecule has 0 atom stereocenters. The number of nitrogens with one attached hydrogen (secondary N) is 1. The maximum Gasteiger partial charge on any atom is 0.404 e. The number of primary amides is 1. The molecule has 0 aliphatic rings. The van der Waals surface area contributed by atoms with Crippen molar-refractivity contribution in [3.8, 4) is 0 Å². The minimum absolute atomic E-state index is 0.0674. The maximum absolute atomic E-state index is 10.5. The molecule has 2 aromatic rings. The van der Waals surface area contributed by atoms with Gasteiger partial charge in [-0.1, -0.05) is 22.0 Å². The summed E-state index contributed by atoms with van der Waals surface area (Å²) in [5.41, 5.74) is 6.41. The number of H-pyrrole nitrogens is 1. The van der Waals surface area contributed by atoms with Crippen LogP contribution in [0, 0.1) is 0 Å². The lowest BCUT2D eigenvalue weighted by Crippen LogP contribution is -2.12. The van der Waals surface area contributed by atoms with Gasteiger partial charge in [0.05, 0.1) is 5.52 Å². The Morgan fingerprint density at radius 3 is 3.13 bits per heavy atom. The average Bonchev–Trinajstić information content (AvgIpc) is 2.59. The van der Waals surface area contributed by atoms with E-state index in [1.165, 1.54) is 0 Å². The molecule has 1 amide bonds. The van der Waals surface area contributed by atoms with Crippen LogP contribution >= 0.6 is 15.9 Å². The number of benzene rings is 1. The first-order valence-corrected chi connectivity index (χ1v) is 5.01. The molecule has 0 saturated heterocycles. The van der Waals surface area contributed by atoms with E-state index < -0.39 is 6.09 Å². The third kappa shape index (κ3) is 1.94. The first-order valence-electron chi connectivity index (χ1n) is 4.22. The second-order valence-corrected chi connectivity index (χ2v) is 3.79. The van der Waals surface area contributed by atoms with Gasteiger partial charge in [-0.15, -0.1) is 0 Å². The first-order chi connectivity index (χ1) is 7.18. The van der Waals surface area contributed by atoms with E-state index >= 15 is 0 Å². The molecule has 0 aliphatic heterocycles. The summed E-state index contributed by atoms with van der Waals surface area (Å²) in [7, 11) is 0. The average molecular weight is 270 g/mol. The smallest absolute Gasteiger partial charge is 0.404 e. The van der Waals surface area contributed by atoms with E-state index in [1.54, 1.807) is 0 Å². The SMILES string of the molecule is NC(=O)OCc1n[nH]c2cccc(Br)c12. The zero-order valence-electron chi connectivity index (χ0n) is 7.66. The highest BCUT2D eigenvalue weighted by Crippen LogP contribution is 2.25. The third-order valence-corrected chi connectivity index (χ3v) is 2.63. The number of nitrogens with zero attached hydrogens (tertiary/aromatic N) is 1. The molecule has 0 radical (unpaired) electrons. The van der Waals surface area contributed by atoms with Crippen molar-refractivity contribution in [2.75, 3.05) is 0 Å². The van der Waals surface area contributed by atoms with Crippen molar-refractivity contribution in [1.82, 2.24) is 10.2 Å². The van der Waals surface area contributed by atoms with Gasteiger partial charge in [0.15, 0.2) is 0 Å². The maximum atomic E-state index is 10.5. The molecule has 0 bridgehead atoms. The Hall–Kier alpha value is -1.56. The molecule has 3 N–H and O–H groups in total. The van der Waals surface area contributed by atoms with E-state index in [0.717, 1.165) is 15.4 Å². The highest BCUT2D eigenvalue weighted by molar-refractivity contribution is 9.10. The van der Waals surface area contributed by atoms with E-state index in [-0.39, 0.29) is 6.61 Å². The zero-order chi connectivity index (χ0) is 10.8. The molecular formula is C9H8BrN3O2. The van der Waals surface area contributed by atoms with E-state index in [9.17, 15) is 4.79 Å². The molecule has 5 nitrogen and oxygen atoms in total. The van der Waals surface area contributed by atoms with Gasteiger partial charge >= 0.3 is 6.09 Å². The van der Waals surface area contributed by atoms with Crippen LogP contribution < -0.4 is 5.73 Å². The highest BCUT2D eigenvalue weighted by atomic mass is 79.9. The van der Waals surface area contributed by atoms with E-state index in [4.69, 9.17) is 5.73 Å². The van der Waals surface area contributed by atoms with Crippen LogP contribution in [0.1, 0.15) is 5.69 Å². The number of aromatic amines is 1. The predicted octanol–water partition coefficient (Wildman–Crippen LogP) is 1.92. The number of nitrogens with two attached hydrogens (primary N) is 1. The molecular weight excluding hydrogens is 262 g/mol. The Balaban J connectivity index is 2.39. The van der Waals surface area contributed by atoms with Gasteiger partial charge < -0.3 is 10.5 Å². The molecule has 1 aromatic carbocycles. The Morgan fingerprint density at radius 2 is 2.40 bits per heavy atom. The van der Waals surface area contributed by atoms with Gasteiger partial charge in [0, 0.05) is 9.86 Å². The van der Waals surface area contributed by atoms with E-state index in [0.29, 0.717) is 5.69 Å². The molecule has 0 spiro atoms. The van der Waals surface area contributed by atoms with Gasteiger partial charge in [-0.25, -0.2) is 4.79 Å². The third-order valence-electron chi connectivity index (χ3n) is 1.96. The summed E-state index contributed by atoms with van der Waals surface area (Å²) >= 11 is 3.40. The van der Waals surface area contributed by atoms with Crippen molar-refractivity contribution in [1.29, 1.82) is 0 Å². The number of carbonyl (C=O) groups excluding carboxylic acids is 1. The molecule has 0 unspecified atom stereocenters. The van der Waals surface area contributed by atoms with Crippen LogP contribution in [0.4, 0.5) is 4.79 Å². The van der Waals surface area contributed by atoms with E-state index in [1.807, 2.05) is 18.2 Å². The standard InChI is InChI=1S/C9H8BrN3O2/c10-5-2-1-3-6-8(5)7(13-12-6)4-15-9(11)14/h1-3H,4H2,(H2,11,14)(H,12,13). The van der Waals surface area contributed by atoms with Gasteiger partial charge in [-0.05, 0) is 12.1 Å². The largest absolute Gasteiger partial charge is 0.443 e. The number of rotatable bonds is 2. The Bertz CT molecular complexity index is 509. The summed E-state index contributed by atoms with van der Waals surface area (Å²) in [6.07, 6.45) is -0.807. The van der Waals surface area contributed by atoms with Crippen LogP contribution in [0.3, 0.4) is 0 Å². The van der Waals surface area contributed by atoms with Crippen LogP contribution in [-0.2, 0) is 11.3 Å². The molecule has 1 heterocycles. The molecule has 78 valence electrons. The van der Waals surface area contributed by atoms with Gasteiger partial charge in [0.1, 0.15) is 12.3 Å². The minimum Gasteiger partial charge on any atom is -0.443 e.